The van der Waals surface area contributed by atoms with Crippen molar-refractivity contribution in [3.63, 3.8) is 0 Å². The normalized spacial score (nSPS) is 12.8. The molecule has 0 saturated carbocycles. The summed E-state index contributed by atoms with van der Waals surface area (Å²) in [7, 11) is 0. The zero-order valence-corrected chi connectivity index (χ0v) is 10.4. The Balaban J connectivity index is 2.60. The van der Waals surface area contributed by atoms with Crippen molar-refractivity contribution in [1.82, 2.24) is 5.32 Å². The largest absolute Gasteiger partial charge is 0.405 e. The van der Waals surface area contributed by atoms with Crippen molar-refractivity contribution >= 4 is 11.6 Å². The molecule has 0 aromatic heterocycles. The van der Waals surface area contributed by atoms with Gasteiger partial charge in [-0.15, -0.1) is 0 Å². The van der Waals surface area contributed by atoms with Crippen LogP contribution in [0.3, 0.4) is 0 Å². The molecule has 0 aliphatic rings. The predicted octanol–water partition coefficient (Wildman–Crippen LogP) is 0.744. The number of carbonyl (C=O) groups excluding carboxylic acids is 1. The summed E-state index contributed by atoms with van der Waals surface area (Å²) < 4.78 is 35.9. The van der Waals surface area contributed by atoms with Crippen LogP contribution >= 0.6 is 0 Å². The number of benzene rings is 1. The van der Waals surface area contributed by atoms with Crippen molar-refractivity contribution in [1.29, 1.82) is 0 Å². The molecule has 0 fully saturated rings. The number of aliphatic hydroxyl groups excluding tert-OH is 2. The van der Waals surface area contributed by atoms with Gasteiger partial charge < -0.3 is 20.8 Å². The van der Waals surface area contributed by atoms with Crippen molar-refractivity contribution in [2.24, 2.45) is 0 Å². The zero-order chi connectivity index (χ0) is 15.2. The molecule has 20 heavy (non-hydrogen) atoms. The minimum absolute atomic E-state index is 0.0596. The molecule has 0 aliphatic heterocycles. The molecule has 1 amide bonds. The van der Waals surface area contributed by atoms with Crippen LogP contribution in [-0.4, -0.2) is 48.1 Å². The Hall–Kier alpha value is -1.80. The van der Waals surface area contributed by atoms with Crippen LogP contribution in [0, 0.1) is 0 Å². The Bertz CT molecular complexity index is 452. The molecule has 0 spiro atoms. The Morgan fingerprint density at radius 2 is 2.05 bits per heavy atom. The van der Waals surface area contributed by atoms with Crippen LogP contribution in [0.25, 0.3) is 0 Å². The maximum absolute atomic E-state index is 12.0. The minimum atomic E-state index is -4.46. The molecule has 5 nitrogen and oxygen atoms in total. The molecule has 0 aliphatic carbocycles. The topological polar surface area (TPSA) is 81.6 Å². The second-order valence-corrected chi connectivity index (χ2v) is 4.10. The second-order valence-electron chi connectivity index (χ2n) is 4.10. The van der Waals surface area contributed by atoms with E-state index in [1.165, 1.54) is 18.2 Å². The number of anilines is 1. The van der Waals surface area contributed by atoms with Gasteiger partial charge in [0, 0.05) is 17.8 Å². The van der Waals surface area contributed by atoms with Crippen LogP contribution in [0.2, 0.25) is 0 Å². The number of rotatable bonds is 6. The maximum atomic E-state index is 12.0. The smallest absolute Gasteiger partial charge is 0.394 e. The van der Waals surface area contributed by atoms with E-state index in [1.807, 2.05) is 0 Å². The molecule has 0 heterocycles. The highest BCUT2D eigenvalue weighted by Gasteiger charge is 2.27. The maximum Gasteiger partial charge on any atom is 0.405 e. The average Bonchev–Trinajstić information content (AvgIpc) is 2.41. The Morgan fingerprint density at radius 3 is 2.65 bits per heavy atom. The lowest BCUT2D eigenvalue weighted by molar-refractivity contribution is -0.123. The molecule has 0 bridgehead atoms. The van der Waals surface area contributed by atoms with Crippen molar-refractivity contribution in [2.75, 3.05) is 25.0 Å². The third-order valence-electron chi connectivity index (χ3n) is 2.33. The van der Waals surface area contributed by atoms with Crippen molar-refractivity contribution in [3.05, 3.63) is 29.8 Å². The van der Waals surface area contributed by atoms with Crippen LogP contribution < -0.4 is 10.6 Å². The Kier molecular flexibility index (Phi) is 5.78. The first-order chi connectivity index (χ1) is 9.31. The summed E-state index contributed by atoms with van der Waals surface area (Å²) in [6.45, 7) is -1.75. The van der Waals surface area contributed by atoms with Crippen LogP contribution in [0.5, 0.6) is 0 Å². The SMILES string of the molecule is O=C(NCC(F)(F)F)c1cccc(NCC(O)CO)c1. The van der Waals surface area contributed by atoms with Crippen LogP contribution in [-0.2, 0) is 0 Å². The van der Waals surface area contributed by atoms with E-state index >= 15 is 0 Å². The highest BCUT2D eigenvalue weighted by Crippen LogP contribution is 2.14. The van der Waals surface area contributed by atoms with Crippen LogP contribution in [0.1, 0.15) is 10.4 Å². The summed E-state index contributed by atoms with van der Waals surface area (Å²) in [6.07, 6.45) is -5.42. The molecule has 1 aromatic rings. The van der Waals surface area contributed by atoms with E-state index in [0.717, 1.165) is 0 Å². The van der Waals surface area contributed by atoms with E-state index in [4.69, 9.17) is 10.2 Å². The molecule has 1 atom stereocenters. The van der Waals surface area contributed by atoms with Gasteiger partial charge in [0.15, 0.2) is 0 Å². The van der Waals surface area contributed by atoms with Gasteiger partial charge in [0.2, 0.25) is 0 Å². The number of hydrogen-bond donors (Lipinski definition) is 4. The Morgan fingerprint density at radius 1 is 1.35 bits per heavy atom. The molecule has 4 N–H and O–H groups in total. The van der Waals surface area contributed by atoms with Gasteiger partial charge in [-0.05, 0) is 18.2 Å². The number of aliphatic hydroxyl groups is 2. The highest BCUT2D eigenvalue weighted by molar-refractivity contribution is 5.95. The first-order valence-electron chi connectivity index (χ1n) is 5.79. The zero-order valence-electron chi connectivity index (χ0n) is 10.4. The lowest BCUT2D eigenvalue weighted by atomic mass is 10.2. The summed E-state index contributed by atoms with van der Waals surface area (Å²) in [5.74, 6) is -0.839. The van der Waals surface area contributed by atoms with Crippen molar-refractivity contribution < 1.29 is 28.2 Å². The average molecular weight is 292 g/mol. The summed E-state index contributed by atoms with van der Waals surface area (Å²) in [5, 5.41) is 22.3. The number of amides is 1. The molecule has 1 rings (SSSR count). The van der Waals surface area contributed by atoms with Crippen LogP contribution in [0.4, 0.5) is 18.9 Å². The second kappa shape index (κ2) is 7.11. The van der Waals surface area contributed by atoms with E-state index in [0.29, 0.717) is 5.69 Å². The fourth-order valence-electron chi connectivity index (χ4n) is 1.35. The van der Waals surface area contributed by atoms with E-state index in [9.17, 15) is 18.0 Å². The molecule has 1 unspecified atom stereocenters. The van der Waals surface area contributed by atoms with Gasteiger partial charge in [-0.3, -0.25) is 4.79 Å². The van der Waals surface area contributed by atoms with E-state index in [2.05, 4.69) is 5.32 Å². The number of alkyl halides is 3. The summed E-state index contributed by atoms with van der Waals surface area (Å²) in [4.78, 5) is 11.5. The van der Waals surface area contributed by atoms with Crippen molar-refractivity contribution in [2.45, 2.75) is 12.3 Å². The molecule has 1 aromatic carbocycles. The summed E-state index contributed by atoms with van der Waals surface area (Å²) in [5.41, 5.74) is 0.523. The molecule has 0 radical (unpaired) electrons. The standard InChI is InChI=1S/C12H15F3N2O3/c13-12(14,15)7-17-11(20)8-2-1-3-9(4-8)16-5-10(19)6-18/h1-4,10,16,18-19H,5-7H2,(H,17,20). The number of hydrogen-bond acceptors (Lipinski definition) is 4. The lowest BCUT2D eigenvalue weighted by Crippen LogP contribution is -2.33. The highest BCUT2D eigenvalue weighted by atomic mass is 19.4. The monoisotopic (exact) mass is 292 g/mol. The van der Waals surface area contributed by atoms with E-state index in [1.54, 1.807) is 11.4 Å². The fourth-order valence-corrected chi connectivity index (χ4v) is 1.35. The van der Waals surface area contributed by atoms with E-state index < -0.39 is 31.3 Å². The molecule has 8 heteroatoms. The van der Waals surface area contributed by atoms with Crippen molar-refractivity contribution in [3.8, 4) is 0 Å². The number of nitrogens with one attached hydrogen (secondary N) is 2. The predicted molar refractivity (Wildman–Crippen MR) is 66.4 cm³/mol. The fraction of sp³-hybridized carbons (Fsp3) is 0.417. The van der Waals surface area contributed by atoms with Gasteiger partial charge in [-0.1, -0.05) is 6.07 Å². The molecule has 0 saturated heterocycles. The van der Waals surface area contributed by atoms with Gasteiger partial charge in [0.05, 0.1) is 12.7 Å². The molecule has 112 valence electrons. The van der Waals surface area contributed by atoms with E-state index in [-0.39, 0.29) is 12.1 Å². The van der Waals surface area contributed by atoms with Gasteiger partial charge in [-0.25, -0.2) is 0 Å². The van der Waals surface area contributed by atoms with Gasteiger partial charge in [-0.2, -0.15) is 13.2 Å². The first kappa shape index (κ1) is 16.3. The quantitative estimate of drug-likeness (QED) is 0.623. The number of halogens is 3. The van der Waals surface area contributed by atoms with Gasteiger partial charge >= 0.3 is 6.18 Å². The summed E-state index contributed by atoms with van der Waals surface area (Å²) in [6, 6.07) is 5.82. The van der Waals surface area contributed by atoms with Gasteiger partial charge in [0.1, 0.15) is 6.54 Å². The Labute approximate surface area is 113 Å². The third kappa shape index (κ3) is 5.89. The van der Waals surface area contributed by atoms with Gasteiger partial charge in [0.25, 0.3) is 5.91 Å². The summed E-state index contributed by atoms with van der Waals surface area (Å²) >= 11 is 0. The third-order valence-corrected chi connectivity index (χ3v) is 2.33. The number of carbonyl (C=O) groups is 1. The minimum Gasteiger partial charge on any atom is -0.394 e. The van der Waals surface area contributed by atoms with Crippen LogP contribution in [0.15, 0.2) is 24.3 Å². The molecular formula is C12H15F3N2O3. The molecular weight excluding hydrogens is 277 g/mol. The lowest BCUT2D eigenvalue weighted by Gasteiger charge is -2.12. The first-order valence-corrected chi connectivity index (χ1v) is 5.79.